The van der Waals surface area contributed by atoms with Gasteiger partial charge in [-0.15, -0.1) is 0 Å². The van der Waals surface area contributed by atoms with E-state index in [1.165, 1.54) is 5.56 Å². The van der Waals surface area contributed by atoms with Crippen LogP contribution >= 0.6 is 0 Å². The molecule has 1 saturated carbocycles. The predicted octanol–water partition coefficient (Wildman–Crippen LogP) is 6.38. The van der Waals surface area contributed by atoms with E-state index in [9.17, 15) is 17.8 Å². The van der Waals surface area contributed by atoms with Crippen molar-refractivity contribution in [3.05, 3.63) is 64.5 Å². The van der Waals surface area contributed by atoms with Gasteiger partial charge in [0.15, 0.2) is 0 Å². The molecule has 1 atom stereocenters. The summed E-state index contributed by atoms with van der Waals surface area (Å²) in [5.41, 5.74) is 7.68. The summed E-state index contributed by atoms with van der Waals surface area (Å²) in [5.74, 6) is 0.402. The molecule has 0 saturated heterocycles. The number of amides is 1. The van der Waals surface area contributed by atoms with E-state index in [0.717, 1.165) is 73.1 Å². The van der Waals surface area contributed by atoms with Crippen LogP contribution in [0.3, 0.4) is 0 Å². The van der Waals surface area contributed by atoms with Crippen LogP contribution in [-0.4, -0.2) is 42.8 Å². The van der Waals surface area contributed by atoms with Crippen LogP contribution < -0.4 is 4.90 Å². The second-order valence-electron chi connectivity index (χ2n) is 11.6. The van der Waals surface area contributed by atoms with Crippen molar-refractivity contribution in [1.82, 2.24) is 14.7 Å². The summed E-state index contributed by atoms with van der Waals surface area (Å²) in [6.07, 6.45) is 8.21. The normalized spacial score (nSPS) is 21.4. The SMILES string of the molecule is CC(=O)N1Cc2cc(C3CCC(S(C)=O)CC3)cc(N3CCCc4cc(-c5cnn(C)c5)c(C(F)F)cc43)c2C1. The molecule has 1 aliphatic carbocycles. The van der Waals surface area contributed by atoms with E-state index in [4.69, 9.17) is 0 Å². The van der Waals surface area contributed by atoms with Crippen molar-refractivity contribution >= 4 is 28.1 Å². The molecule has 3 aromatic rings. The fourth-order valence-corrected chi connectivity index (χ4v) is 7.77. The van der Waals surface area contributed by atoms with Gasteiger partial charge in [-0.05, 0) is 84.9 Å². The second kappa shape index (κ2) is 10.7. The first-order valence-electron chi connectivity index (χ1n) is 14.1. The number of rotatable bonds is 5. The maximum atomic E-state index is 14.5. The number of carbonyl (C=O) groups excluding carboxylic acids is 1. The van der Waals surface area contributed by atoms with Gasteiger partial charge in [-0.25, -0.2) is 8.78 Å². The number of fused-ring (bicyclic) bond motifs is 2. The minimum absolute atomic E-state index is 0.0164. The molecule has 0 radical (unpaired) electrons. The van der Waals surface area contributed by atoms with Crippen molar-refractivity contribution in [2.24, 2.45) is 7.05 Å². The van der Waals surface area contributed by atoms with E-state index in [2.05, 4.69) is 22.1 Å². The molecule has 1 aromatic heterocycles. The Morgan fingerprint density at radius 3 is 2.48 bits per heavy atom. The molecule has 1 fully saturated rings. The van der Waals surface area contributed by atoms with E-state index in [1.807, 2.05) is 11.0 Å². The molecular formula is C31H36F2N4O2S. The molecule has 212 valence electrons. The smallest absolute Gasteiger partial charge is 0.264 e. The lowest BCUT2D eigenvalue weighted by atomic mass is 9.82. The molecule has 6 nitrogen and oxygen atoms in total. The molecule has 6 rings (SSSR count). The lowest BCUT2D eigenvalue weighted by molar-refractivity contribution is -0.129. The van der Waals surface area contributed by atoms with Gasteiger partial charge in [0.2, 0.25) is 5.91 Å². The number of halogens is 2. The third-order valence-corrected chi connectivity index (χ3v) is 10.4. The number of aryl methyl sites for hydroxylation is 2. The summed E-state index contributed by atoms with van der Waals surface area (Å²) >= 11 is 0. The average molecular weight is 567 g/mol. The number of carbonyl (C=O) groups is 1. The van der Waals surface area contributed by atoms with Gasteiger partial charge in [0.05, 0.1) is 6.20 Å². The maximum Gasteiger partial charge on any atom is 0.264 e. The zero-order valence-electron chi connectivity index (χ0n) is 23.3. The van der Waals surface area contributed by atoms with E-state index in [1.54, 1.807) is 43.4 Å². The molecule has 3 heterocycles. The highest BCUT2D eigenvalue weighted by molar-refractivity contribution is 7.84. The summed E-state index contributed by atoms with van der Waals surface area (Å²) in [6.45, 7) is 3.44. The van der Waals surface area contributed by atoms with Gasteiger partial charge in [-0.2, -0.15) is 5.10 Å². The molecule has 40 heavy (non-hydrogen) atoms. The minimum Gasteiger partial charge on any atom is -0.341 e. The molecule has 9 heteroatoms. The van der Waals surface area contributed by atoms with Gasteiger partial charge in [0.1, 0.15) is 0 Å². The largest absolute Gasteiger partial charge is 0.341 e. The molecule has 0 bridgehead atoms. The van der Waals surface area contributed by atoms with Gasteiger partial charge in [0.25, 0.3) is 6.43 Å². The van der Waals surface area contributed by atoms with Crippen molar-refractivity contribution in [3.63, 3.8) is 0 Å². The molecule has 0 spiro atoms. The van der Waals surface area contributed by atoms with Crippen LogP contribution in [0.25, 0.3) is 11.1 Å². The van der Waals surface area contributed by atoms with Crippen LogP contribution in [-0.2, 0) is 42.2 Å². The van der Waals surface area contributed by atoms with E-state index in [-0.39, 0.29) is 16.7 Å². The van der Waals surface area contributed by atoms with Crippen molar-refractivity contribution < 1.29 is 17.8 Å². The highest BCUT2D eigenvalue weighted by atomic mass is 32.2. The number of hydrogen-bond donors (Lipinski definition) is 0. The lowest BCUT2D eigenvalue weighted by Gasteiger charge is -2.35. The van der Waals surface area contributed by atoms with Crippen LogP contribution in [0.2, 0.25) is 0 Å². The molecule has 1 unspecified atom stereocenters. The highest BCUT2D eigenvalue weighted by Gasteiger charge is 2.32. The van der Waals surface area contributed by atoms with E-state index >= 15 is 0 Å². The summed E-state index contributed by atoms with van der Waals surface area (Å²) in [6, 6.07) is 8.12. The number of benzene rings is 2. The molecular weight excluding hydrogens is 530 g/mol. The Morgan fingerprint density at radius 1 is 1.05 bits per heavy atom. The Balaban J connectivity index is 1.44. The first kappa shape index (κ1) is 27.1. The highest BCUT2D eigenvalue weighted by Crippen LogP contribution is 2.46. The van der Waals surface area contributed by atoms with Crippen molar-refractivity contribution in [2.75, 3.05) is 17.7 Å². The van der Waals surface area contributed by atoms with Crippen LogP contribution in [0, 0.1) is 0 Å². The number of nitrogens with zero attached hydrogens (tertiary/aromatic N) is 4. The quantitative estimate of drug-likeness (QED) is 0.360. The van der Waals surface area contributed by atoms with E-state index < -0.39 is 17.2 Å². The lowest BCUT2D eigenvalue weighted by Crippen LogP contribution is -2.27. The second-order valence-corrected chi connectivity index (χ2v) is 13.2. The number of aromatic nitrogens is 2. The number of hydrogen-bond acceptors (Lipinski definition) is 4. The van der Waals surface area contributed by atoms with Gasteiger partial charge in [-0.1, -0.05) is 6.07 Å². The zero-order chi connectivity index (χ0) is 28.1. The van der Waals surface area contributed by atoms with Gasteiger partial charge < -0.3 is 9.80 Å². The molecule has 0 N–H and O–H groups in total. The van der Waals surface area contributed by atoms with Crippen molar-refractivity contribution in [1.29, 1.82) is 0 Å². The molecule has 2 aliphatic heterocycles. The average Bonchev–Trinajstić information content (AvgIpc) is 3.58. The minimum atomic E-state index is -2.62. The Hall–Kier alpha value is -3.07. The first-order valence-corrected chi connectivity index (χ1v) is 15.8. The molecule has 3 aliphatic rings. The van der Waals surface area contributed by atoms with Crippen molar-refractivity contribution in [3.8, 4) is 11.1 Å². The summed E-state index contributed by atoms with van der Waals surface area (Å²) in [5, 5.41) is 4.47. The topological polar surface area (TPSA) is 58.4 Å². The Labute approximate surface area is 236 Å². The third kappa shape index (κ3) is 4.97. The monoisotopic (exact) mass is 566 g/mol. The maximum absolute atomic E-state index is 14.5. The Bertz CT molecular complexity index is 1480. The first-order chi connectivity index (χ1) is 19.2. The van der Waals surface area contributed by atoms with Gasteiger partial charge in [-0.3, -0.25) is 13.7 Å². The number of anilines is 2. The third-order valence-electron chi connectivity index (χ3n) is 9.02. The number of alkyl halides is 2. The van der Waals surface area contributed by atoms with Crippen LogP contribution in [0.4, 0.5) is 20.2 Å². The van der Waals surface area contributed by atoms with Crippen LogP contribution in [0.15, 0.2) is 36.7 Å². The fourth-order valence-electron chi connectivity index (χ4n) is 6.83. The Morgan fingerprint density at radius 2 is 1.82 bits per heavy atom. The Kier molecular flexibility index (Phi) is 7.27. The standard InChI is InChI=1S/C31H36F2N4O2S/c1-19(38)36-17-23-11-22(20-6-8-25(9-7-20)40(3)39)13-30(28(23)18-36)37-10-4-5-21-12-26(24-15-34-35(2)16-24)27(31(32)33)14-29(21)37/h11-16,20,25,31H,4-10,17-18H2,1-3H3. The van der Waals surface area contributed by atoms with Gasteiger partial charge in [0, 0.05) is 90.2 Å². The fraction of sp³-hybridized carbons (Fsp3) is 0.484. The van der Waals surface area contributed by atoms with Gasteiger partial charge >= 0.3 is 0 Å². The molecule has 1 amide bonds. The zero-order valence-corrected chi connectivity index (χ0v) is 24.1. The molecule has 2 aromatic carbocycles. The van der Waals surface area contributed by atoms with E-state index in [0.29, 0.717) is 30.1 Å². The van der Waals surface area contributed by atoms with Crippen LogP contribution in [0.1, 0.15) is 79.2 Å². The van der Waals surface area contributed by atoms with Crippen molar-refractivity contribution in [2.45, 2.75) is 76.1 Å². The van der Waals surface area contributed by atoms with Crippen LogP contribution in [0.5, 0.6) is 0 Å². The predicted molar refractivity (Wildman–Crippen MR) is 154 cm³/mol. The summed E-state index contributed by atoms with van der Waals surface area (Å²) < 4.78 is 42.6. The summed E-state index contributed by atoms with van der Waals surface area (Å²) in [4.78, 5) is 16.4. The summed E-state index contributed by atoms with van der Waals surface area (Å²) in [7, 11) is 0.983.